The van der Waals surface area contributed by atoms with Crippen LogP contribution < -0.4 is 9.54 Å². The summed E-state index contributed by atoms with van der Waals surface area (Å²) in [7, 11) is 3.29. The molecular weight excluding hydrogens is 412 g/mol. The number of hydrogen-bond acceptors (Lipinski definition) is 5. The minimum Gasteiger partial charge on any atom is -0.497 e. The number of aromatic nitrogens is 1. The van der Waals surface area contributed by atoms with Gasteiger partial charge < -0.3 is 14.0 Å². The van der Waals surface area contributed by atoms with E-state index in [0.717, 1.165) is 19.8 Å². The van der Waals surface area contributed by atoms with Gasteiger partial charge in [-0.1, -0.05) is 11.3 Å². The Morgan fingerprint density at radius 1 is 1.25 bits per heavy atom. The lowest BCUT2D eigenvalue weighted by atomic mass is 10.3. The first-order chi connectivity index (χ1) is 11.6. The SMILES string of the molecule is COCCn1c(=NC(=O)c2ccc(Br)s2)sc2cc(OC)ccc21. The average Bonchev–Trinajstić information content (AvgIpc) is 3.15. The fraction of sp³-hybridized carbons (Fsp3) is 0.250. The number of hydrogen-bond donors (Lipinski definition) is 0. The van der Waals surface area contributed by atoms with Gasteiger partial charge in [0.05, 0.1) is 32.6 Å². The molecule has 0 radical (unpaired) electrons. The Labute approximate surface area is 155 Å². The summed E-state index contributed by atoms with van der Waals surface area (Å²) in [5.41, 5.74) is 1.01. The Kier molecular flexibility index (Phi) is 5.50. The Morgan fingerprint density at radius 2 is 2.08 bits per heavy atom. The summed E-state index contributed by atoms with van der Waals surface area (Å²) in [6.07, 6.45) is 0. The second kappa shape index (κ2) is 7.60. The Morgan fingerprint density at radius 3 is 2.75 bits per heavy atom. The van der Waals surface area contributed by atoms with Crippen LogP contribution in [0.25, 0.3) is 10.2 Å². The van der Waals surface area contributed by atoms with E-state index in [1.807, 2.05) is 28.8 Å². The summed E-state index contributed by atoms with van der Waals surface area (Å²) in [5.74, 6) is 0.540. The third-order valence-electron chi connectivity index (χ3n) is 3.39. The van der Waals surface area contributed by atoms with Gasteiger partial charge in [-0.25, -0.2) is 0 Å². The topological polar surface area (TPSA) is 52.8 Å². The third kappa shape index (κ3) is 3.61. The predicted molar refractivity (Wildman–Crippen MR) is 100 cm³/mol. The first-order valence-corrected chi connectivity index (χ1v) is 9.55. The molecule has 0 N–H and O–H groups in total. The number of carbonyl (C=O) groups excluding carboxylic acids is 1. The van der Waals surface area contributed by atoms with Gasteiger partial charge in [-0.3, -0.25) is 4.79 Å². The molecule has 2 heterocycles. The smallest absolute Gasteiger partial charge is 0.289 e. The number of carbonyl (C=O) groups is 1. The van der Waals surface area contributed by atoms with Crippen molar-refractivity contribution in [1.82, 2.24) is 4.57 Å². The molecule has 0 atom stereocenters. The first-order valence-electron chi connectivity index (χ1n) is 7.13. The van der Waals surface area contributed by atoms with E-state index < -0.39 is 0 Å². The molecule has 0 bridgehead atoms. The molecule has 3 rings (SSSR count). The fourth-order valence-corrected chi connectivity index (χ4v) is 4.59. The number of thiophene rings is 1. The molecule has 3 aromatic rings. The number of benzene rings is 1. The zero-order chi connectivity index (χ0) is 17.1. The standard InChI is InChI=1S/C16H15BrN2O3S2/c1-21-8-7-19-11-4-3-10(22-2)9-13(11)24-16(19)18-15(20)12-5-6-14(17)23-12/h3-6,9H,7-8H2,1-2H3. The molecule has 8 heteroatoms. The van der Waals surface area contributed by atoms with Gasteiger partial charge in [0, 0.05) is 13.7 Å². The number of nitrogens with zero attached hydrogens (tertiary/aromatic N) is 2. The summed E-state index contributed by atoms with van der Waals surface area (Å²) in [4.78, 5) is 18.0. The van der Waals surface area contributed by atoms with Crippen molar-refractivity contribution in [3.05, 3.63) is 43.8 Å². The van der Waals surface area contributed by atoms with Crippen molar-refractivity contribution in [1.29, 1.82) is 0 Å². The summed E-state index contributed by atoms with van der Waals surface area (Å²) in [5, 5.41) is 0. The van der Waals surface area contributed by atoms with Gasteiger partial charge in [0.2, 0.25) is 0 Å². The van der Waals surface area contributed by atoms with Crippen LogP contribution in [0.2, 0.25) is 0 Å². The van der Waals surface area contributed by atoms with Gasteiger partial charge in [-0.05, 0) is 46.3 Å². The van der Waals surface area contributed by atoms with Gasteiger partial charge in [-0.15, -0.1) is 11.3 Å². The molecule has 126 valence electrons. The maximum Gasteiger partial charge on any atom is 0.289 e. The van der Waals surface area contributed by atoms with Crippen LogP contribution in [0.1, 0.15) is 9.67 Å². The van der Waals surface area contributed by atoms with Crippen molar-refractivity contribution < 1.29 is 14.3 Å². The number of halogens is 1. The van der Waals surface area contributed by atoms with E-state index in [-0.39, 0.29) is 5.91 Å². The van der Waals surface area contributed by atoms with E-state index in [9.17, 15) is 4.79 Å². The lowest BCUT2D eigenvalue weighted by Gasteiger charge is -2.04. The third-order valence-corrected chi connectivity index (χ3v) is 6.04. The second-order valence-corrected chi connectivity index (χ2v) is 8.36. The van der Waals surface area contributed by atoms with Crippen LogP contribution in [0.15, 0.2) is 39.1 Å². The lowest BCUT2D eigenvalue weighted by molar-refractivity contribution is 0.100. The minimum absolute atomic E-state index is 0.240. The Balaban J connectivity index is 2.10. The molecule has 5 nitrogen and oxygen atoms in total. The van der Waals surface area contributed by atoms with Crippen LogP contribution in [0.5, 0.6) is 5.75 Å². The molecular formula is C16H15BrN2O3S2. The maximum absolute atomic E-state index is 12.4. The number of ether oxygens (including phenoxy) is 2. The highest BCUT2D eigenvalue weighted by atomic mass is 79.9. The van der Waals surface area contributed by atoms with Crippen LogP contribution in [-0.2, 0) is 11.3 Å². The molecule has 1 amide bonds. The maximum atomic E-state index is 12.4. The Bertz CT molecular complexity index is 942. The molecule has 0 unspecified atom stereocenters. The van der Waals surface area contributed by atoms with Crippen LogP contribution in [0.3, 0.4) is 0 Å². The highest BCUT2D eigenvalue weighted by Crippen LogP contribution is 2.24. The van der Waals surface area contributed by atoms with Crippen LogP contribution >= 0.6 is 38.6 Å². The number of rotatable bonds is 5. The average molecular weight is 427 g/mol. The summed E-state index contributed by atoms with van der Waals surface area (Å²) in [6, 6.07) is 9.46. The van der Waals surface area contributed by atoms with E-state index >= 15 is 0 Å². The van der Waals surface area contributed by atoms with Crippen molar-refractivity contribution in [2.75, 3.05) is 20.8 Å². The van der Waals surface area contributed by atoms with Crippen molar-refractivity contribution in [3.8, 4) is 5.75 Å². The van der Waals surface area contributed by atoms with E-state index in [0.29, 0.717) is 22.8 Å². The van der Waals surface area contributed by atoms with Gasteiger partial charge >= 0.3 is 0 Å². The monoisotopic (exact) mass is 426 g/mol. The molecule has 0 saturated heterocycles. The van der Waals surface area contributed by atoms with Crippen molar-refractivity contribution >= 4 is 54.7 Å². The zero-order valence-corrected chi connectivity index (χ0v) is 16.3. The quantitative estimate of drug-likeness (QED) is 0.620. The lowest BCUT2D eigenvalue weighted by Crippen LogP contribution is -2.19. The molecule has 2 aromatic heterocycles. The zero-order valence-electron chi connectivity index (χ0n) is 13.1. The second-order valence-electron chi connectivity index (χ2n) is 4.88. The normalized spacial score (nSPS) is 12.0. The van der Waals surface area contributed by atoms with Crippen molar-refractivity contribution in [3.63, 3.8) is 0 Å². The summed E-state index contributed by atoms with van der Waals surface area (Å²) in [6.45, 7) is 1.17. The first kappa shape index (κ1) is 17.3. The molecule has 0 aliphatic carbocycles. The molecule has 0 aliphatic rings. The van der Waals surface area contributed by atoms with Crippen LogP contribution in [0, 0.1) is 0 Å². The van der Waals surface area contributed by atoms with Gasteiger partial charge in [0.15, 0.2) is 4.80 Å². The number of fused-ring (bicyclic) bond motifs is 1. The van der Waals surface area contributed by atoms with E-state index in [1.54, 1.807) is 20.3 Å². The number of methoxy groups -OCH3 is 2. The van der Waals surface area contributed by atoms with Crippen LogP contribution in [0.4, 0.5) is 0 Å². The molecule has 0 fully saturated rings. The van der Waals surface area contributed by atoms with Gasteiger partial charge in [0.1, 0.15) is 5.75 Å². The van der Waals surface area contributed by atoms with Gasteiger partial charge in [-0.2, -0.15) is 4.99 Å². The van der Waals surface area contributed by atoms with Crippen LogP contribution in [-0.4, -0.2) is 31.3 Å². The molecule has 1 aromatic carbocycles. The van der Waals surface area contributed by atoms with Crippen molar-refractivity contribution in [2.45, 2.75) is 6.54 Å². The van der Waals surface area contributed by atoms with E-state index in [4.69, 9.17) is 9.47 Å². The largest absolute Gasteiger partial charge is 0.497 e. The summed E-state index contributed by atoms with van der Waals surface area (Å²) < 4.78 is 14.4. The number of amides is 1. The van der Waals surface area contributed by atoms with Gasteiger partial charge in [0.25, 0.3) is 5.91 Å². The van der Waals surface area contributed by atoms with E-state index in [1.165, 1.54) is 22.7 Å². The molecule has 24 heavy (non-hydrogen) atoms. The Hall–Kier alpha value is -1.48. The van der Waals surface area contributed by atoms with Crippen molar-refractivity contribution in [2.24, 2.45) is 4.99 Å². The summed E-state index contributed by atoms with van der Waals surface area (Å²) >= 11 is 6.21. The highest BCUT2D eigenvalue weighted by molar-refractivity contribution is 9.11. The number of thiazole rings is 1. The molecule has 0 aliphatic heterocycles. The predicted octanol–water partition coefficient (Wildman–Crippen LogP) is 3.92. The minimum atomic E-state index is -0.240. The van der Waals surface area contributed by atoms with E-state index in [2.05, 4.69) is 20.9 Å². The molecule has 0 saturated carbocycles. The molecule has 0 spiro atoms. The fourth-order valence-electron chi connectivity index (χ4n) is 2.24. The highest BCUT2D eigenvalue weighted by Gasteiger charge is 2.11.